The van der Waals surface area contributed by atoms with Gasteiger partial charge in [0, 0.05) is 13.0 Å². The van der Waals surface area contributed by atoms with Crippen molar-refractivity contribution in [2.24, 2.45) is 0 Å². The fraction of sp³-hybridized carbons (Fsp3) is 0.364. The molecule has 2 aromatic rings. The van der Waals surface area contributed by atoms with Crippen LogP contribution < -0.4 is 5.32 Å². The number of aryl methyl sites for hydroxylation is 1. The Hall–Kier alpha value is -2.66. The number of amides is 2. The second-order valence-corrected chi connectivity index (χ2v) is 6.83. The molecule has 142 valence electrons. The number of carbonyl (C=O) groups excluding carboxylic acids is 2. The number of nitrogens with one attached hydrogen (secondary N) is 1. The summed E-state index contributed by atoms with van der Waals surface area (Å²) < 4.78 is 5.81. The van der Waals surface area contributed by atoms with Crippen LogP contribution >= 0.6 is 0 Å². The number of rotatable bonds is 6. The minimum atomic E-state index is -0.539. The summed E-state index contributed by atoms with van der Waals surface area (Å²) in [7, 11) is 0. The smallest absolute Gasteiger partial charge is 0.245 e. The van der Waals surface area contributed by atoms with Crippen molar-refractivity contribution in [2.75, 3.05) is 19.7 Å². The van der Waals surface area contributed by atoms with Crippen molar-refractivity contribution in [1.29, 1.82) is 0 Å². The quantitative estimate of drug-likeness (QED) is 0.855. The van der Waals surface area contributed by atoms with Crippen molar-refractivity contribution < 1.29 is 14.3 Å². The molecule has 27 heavy (non-hydrogen) atoms. The number of ether oxygens (including phenoxy) is 1. The molecule has 3 rings (SSSR count). The highest BCUT2D eigenvalue weighted by molar-refractivity contribution is 5.87. The van der Waals surface area contributed by atoms with Crippen LogP contribution in [0.2, 0.25) is 0 Å². The minimum Gasteiger partial charge on any atom is -0.370 e. The van der Waals surface area contributed by atoms with Gasteiger partial charge in [0.2, 0.25) is 11.8 Å². The largest absolute Gasteiger partial charge is 0.370 e. The molecule has 1 fully saturated rings. The third-order valence-electron chi connectivity index (χ3n) is 4.78. The summed E-state index contributed by atoms with van der Waals surface area (Å²) in [5, 5.41) is 2.83. The minimum absolute atomic E-state index is 0.0627. The number of hydrogen-bond acceptors (Lipinski definition) is 3. The van der Waals surface area contributed by atoms with Gasteiger partial charge >= 0.3 is 0 Å². The molecule has 1 N–H and O–H groups in total. The molecule has 0 aliphatic carbocycles. The predicted octanol–water partition coefficient (Wildman–Crippen LogP) is 2.72. The van der Waals surface area contributed by atoms with Crippen molar-refractivity contribution in [3.63, 3.8) is 0 Å². The normalized spacial score (nSPS) is 18.0. The van der Waals surface area contributed by atoms with Crippen LogP contribution in [0.1, 0.15) is 30.6 Å². The molecule has 2 atom stereocenters. The Kier molecular flexibility index (Phi) is 6.60. The van der Waals surface area contributed by atoms with E-state index in [0.717, 1.165) is 11.1 Å². The molecular weight excluding hydrogens is 340 g/mol. The van der Waals surface area contributed by atoms with Gasteiger partial charge in [0.15, 0.2) is 0 Å². The lowest BCUT2D eigenvalue weighted by Crippen LogP contribution is -2.51. The van der Waals surface area contributed by atoms with E-state index in [0.29, 0.717) is 32.5 Å². The molecule has 5 nitrogen and oxygen atoms in total. The maximum Gasteiger partial charge on any atom is 0.245 e. The van der Waals surface area contributed by atoms with Crippen LogP contribution in [0.25, 0.3) is 0 Å². The Balaban J connectivity index is 1.49. The first-order chi connectivity index (χ1) is 13.1. The highest BCUT2D eigenvalue weighted by Gasteiger charge is 2.28. The van der Waals surface area contributed by atoms with Crippen LogP contribution in [0.5, 0.6) is 0 Å². The first kappa shape index (κ1) is 19.1. The second kappa shape index (κ2) is 9.33. The molecule has 2 aromatic carbocycles. The number of benzene rings is 2. The zero-order valence-electron chi connectivity index (χ0n) is 15.6. The van der Waals surface area contributed by atoms with Gasteiger partial charge < -0.3 is 15.0 Å². The molecule has 0 bridgehead atoms. The molecule has 1 unspecified atom stereocenters. The number of carbonyl (C=O) groups is 2. The molecule has 5 heteroatoms. The van der Waals surface area contributed by atoms with Crippen LogP contribution in [-0.4, -0.2) is 42.5 Å². The Morgan fingerprint density at radius 2 is 1.78 bits per heavy atom. The van der Waals surface area contributed by atoms with Crippen LogP contribution in [0.15, 0.2) is 60.7 Å². The maximum atomic E-state index is 12.7. The van der Waals surface area contributed by atoms with Crippen molar-refractivity contribution in [3.8, 4) is 0 Å². The van der Waals surface area contributed by atoms with Gasteiger partial charge in [-0.2, -0.15) is 0 Å². The first-order valence-corrected chi connectivity index (χ1v) is 9.42. The maximum absolute atomic E-state index is 12.7. The standard InChI is InChI=1S/C22H26N2O3/c1-17(23-21(25)13-12-18-8-4-2-5-9-18)22(26)24-14-15-27-20(16-24)19-10-6-3-7-11-19/h2-11,17,20H,12-16H2,1H3,(H,23,25)/t17-,20?/m0/s1. The van der Waals surface area contributed by atoms with Crippen molar-refractivity contribution in [3.05, 3.63) is 71.8 Å². The Bertz CT molecular complexity index is 749. The number of nitrogens with zero attached hydrogens (tertiary/aromatic N) is 1. The van der Waals surface area contributed by atoms with E-state index in [1.54, 1.807) is 11.8 Å². The molecule has 1 aliphatic heterocycles. The zero-order valence-corrected chi connectivity index (χ0v) is 15.6. The van der Waals surface area contributed by atoms with Gasteiger partial charge in [-0.1, -0.05) is 60.7 Å². The third kappa shape index (κ3) is 5.41. The molecule has 0 radical (unpaired) electrons. The molecule has 0 spiro atoms. The summed E-state index contributed by atoms with van der Waals surface area (Å²) in [5.41, 5.74) is 2.18. The van der Waals surface area contributed by atoms with Crippen LogP contribution in [-0.2, 0) is 20.7 Å². The fourth-order valence-electron chi connectivity index (χ4n) is 3.27. The van der Waals surface area contributed by atoms with Crippen LogP contribution in [0.4, 0.5) is 0 Å². The van der Waals surface area contributed by atoms with E-state index in [-0.39, 0.29) is 17.9 Å². The van der Waals surface area contributed by atoms with Crippen LogP contribution in [0.3, 0.4) is 0 Å². The summed E-state index contributed by atoms with van der Waals surface area (Å²) in [6, 6.07) is 19.2. The van der Waals surface area contributed by atoms with Gasteiger partial charge in [0.25, 0.3) is 0 Å². The lowest BCUT2D eigenvalue weighted by molar-refractivity contribution is -0.142. The van der Waals surface area contributed by atoms with Crippen LogP contribution in [0, 0.1) is 0 Å². The highest BCUT2D eigenvalue weighted by Crippen LogP contribution is 2.22. The average Bonchev–Trinajstić information content (AvgIpc) is 2.73. The molecular formula is C22H26N2O3. The lowest BCUT2D eigenvalue weighted by atomic mass is 10.1. The molecule has 0 aromatic heterocycles. The third-order valence-corrected chi connectivity index (χ3v) is 4.78. The lowest BCUT2D eigenvalue weighted by Gasteiger charge is -2.34. The Morgan fingerprint density at radius 1 is 1.11 bits per heavy atom. The van der Waals surface area contributed by atoms with E-state index < -0.39 is 6.04 Å². The van der Waals surface area contributed by atoms with Gasteiger partial charge in [0.1, 0.15) is 12.1 Å². The van der Waals surface area contributed by atoms with Crippen molar-refractivity contribution in [2.45, 2.75) is 31.9 Å². The molecule has 2 amide bonds. The van der Waals surface area contributed by atoms with E-state index in [2.05, 4.69) is 5.32 Å². The van der Waals surface area contributed by atoms with Gasteiger partial charge in [-0.25, -0.2) is 0 Å². The SMILES string of the molecule is C[C@H](NC(=O)CCc1ccccc1)C(=O)N1CCOC(c2ccccc2)C1. The molecule has 1 aliphatic rings. The van der Waals surface area contributed by atoms with Gasteiger partial charge in [0.05, 0.1) is 13.2 Å². The number of hydrogen-bond donors (Lipinski definition) is 1. The van der Waals surface area contributed by atoms with Gasteiger partial charge in [-0.3, -0.25) is 9.59 Å². The van der Waals surface area contributed by atoms with E-state index in [1.807, 2.05) is 60.7 Å². The average molecular weight is 366 g/mol. The van der Waals surface area contributed by atoms with Gasteiger partial charge in [-0.05, 0) is 24.5 Å². The van der Waals surface area contributed by atoms with Crippen molar-refractivity contribution >= 4 is 11.8 Å². The van der Waals surface area contributed by atoms with E-state index >= 15 is 0 Å². The molecule has 1 heterocycles. The predicted molar refractivity (Wildman–Crippen MR) is 104 cm³/mol. The summed E-state index contributed by atoms with van der Waals surface area (Å²) >= 11 is 0. The molecule has 0 saturated carbocycles. The summed E-state index contributed by atoms with van der Waals surface area (Å²) in [6.45, 7) is 3.30. The summed E-state index contributed by atoms with van der Waals surface area (Å²) in [4.78, 5) is 26.7. The van der Waals surface area contributed by atoms with Gasteiger partial charge in [-0.15, -0.1) is 0 Å². The Morgan fingerprint density at radius 3 is 2.48 bits per heavy atom. The summed E-state index contributed by atoms with van der Waals surface area (Å²) in [5.74, 6) is -0.167. The topological polar surface area (TPSA) is 58.6 Å². The van der Waals surface area contributed by atoms with E-state index in [1.165, 1.54) is 0 Å². The first-order valence-electron chi connectivity index (χ1n) is 9.42. The summed E-state index contributed by atoms with van der Waals surface area (Å²) in [6.07, 6.45) is 0.920. The Labute approximate surface area is 160 Å². The van der Waals surface area contributed by atoms with E-state index in [9.17, 15) is 9.59 Å². The second-order valence-electron chi connectivity index (χ2n) is 6.83. The monoisotopic (exact) mass is 366 g/mol. The number of morpholine rings is 1. The fourth-order valence-corrected chi connectivity index (χ4v) is 3.27. The zero-order chi connectivity index (χ0) is 19.1. The highest BCUT2D eigenvalue weighted by atomic mass is 16.5. The van der Waals surface area contributed by atoms with E-state index in [4.69, 9.17) is 4.74 Å². The molecule has 1 saturated heterocycles. The van der Waals surface area contributed by atoms with Crippen molar-refractivity contribution in [1.82, 2.24) is 10.2 Å².